The van der Waals surface area contributed by atoms with E-state index in [2.05, 4.69) is 39.6 Å². The van der Waals surface area contributed by atoms with Gasteiger partial charge in [-0.1, -0.05) is 24.3 Å². The lowest BCUT2D eigenvalue weighted by Gasteiger charge is -2.28. The molecule has 1 amide bonds. The molecule has 1 N–H and O–H groups in total. The standard InChI is InChI=1S/C16H20N4O/c1-12-9-15(19(2)18-12)17-16(21)11-20-8-7-13-5-3-4-6-14(13)10-20/h3-6,9H,7-8,10-11H2,1-2H3,(H,17,21). The van der Waals surface area contributed by atoms with Crippen molar-refractivity contribution in [3.05, 3.63) is 47.2 Å². The first kappa shape index (κ1) is 13.8. The Kier molecular flexibility index (Phi) is 3.75. The third-order valence-corrected chi connectivity index (χ3v) is 3.85. The Bertz CT molecular complexity index is 662. The highest BCUT2D eigenvalue weighted by molar-refractivity contribution is 5.91. The van der Waals surface area contributed by atoms with Crippen molar-refractivity contribution in [1.82, 2.24) is 14.7 Å². The molecule has 2 heterocycles. The van der Waals surface area contributed by atoms with E-state index in [9.17, 15) is 4.79 Å². The van der Waals surface area contributed by atoms with E-state index in [0.29, 0.717) is 6.54 Å². The lowest BCUT2D eigenvalue weighted by Crippen LogP contribution is -2.37. The molecule has 3 rings (SSSR count). The van der Waals surface area contributed by atoms with Crippen LogP contribution in [0.1, 0.15) is 16.8 Å². The van der Waals surface area contributed by atoms with Gasteiger partial charge in [0, 0.05) is 26.2 Å². The Hall–Kier alpha value is -2.14. The van der Waals surface area contributed by atoms with Gasteiger partial charge in [0.25, 0.3) is 0 Å². The molecule has 110 valence electrons. The van der Waals surface area contributed by atoms with Crippen molar-refractivity contribution in [1.29, 1.82) is 0 Å². The molecule has 21 heavy (non-hydrogen) atoms. The van der Waals surface area contributed by atoms with E-state index >= 15 is 0 Å². The zero-order valence-corrected chi connectivity index (χ0v) is 12.5. The fourth-order valence-corrected chi connectivity index (χ4v) is 2.80. The van der Waals surface area contributed by atoms with Crippen molar-refractivity contribution in [2.75, 3.05) is 18.4 Å². The minimum Gasteiger partial charge on any atom is -0.310 e. The van der Waals surface area contributed by atoms with Crippen LogP contribution in [0.4, 0.5) is 5.82 Å². The topological polar surface area (TPSA) is 50.2 Å². The Morgan fingerprint density at radius 1 is 1.33 bits per heavy atom. The fourth-order valence-electron chi connectivity index (χ4n) is 2.80. The van der Waals surface area contributed by atoms with Crippen molar-refractivity contribution in [2.24, 2.45) is 7.05 Å². The van der Waals surface area contributed by atoms with Gasteiger partial charge in [0.1, 0.15) is 5.82 Å². The van der Waals surface area contributed by atoms with Crippen LogP contribution >= 0.6 is 0 Å². The lowest BCUT2D eigenvalue weighted by atomic mass is 10.00. The molecule has 1 aromatic carbocycles. The summed E-state index contributed by atoms with van der Waals surface area (Å²) in [7, 11) is 1.83. The van der Waals surface area contributed by atoms with Crippen LogP contribution in [-0.4, -0.2) is 33.7 Å². The second-order valence-electron chi connectivity index (χ2n) is 5.57. The van der Waals surface area contributed by atoms with Crippen molar-refractivity contribution >= 4 is 11.7 Å². The van der Waals surface area contributed by atoms with Gasteiger partial charge in [-0.3, -0.25) is 14.4 Å². The van der Waals surface area contributed by atoms with Gasteiger partial charge in [0.05, 0.1) is 12.2 Å². The van der Waals surface area contributed by atoms with Crippen molar-refractivity contribution in [2.45, 2.75) is 19.9 Å². The maximum Gasteiger partial charge on any atom is 0.239 e. The summed E-state index contributed by atoms with van der Waals surface area (Å²) in [5, 5.41) is 7.15. The predicted octanol–water partition coefficient (Wildman–Crippen LogP) is 1.73. The van der Waals surface area contributed by atoms with Gasteiger partial charge in [0.15, 0.2) is 0 Å². The second-order valence-corrected chi connectivity index (χ2v) is 5.57. The normalized spacial score (nSPS) is 14.8. The first-order valence-corrected chi connectivity index (χ1v) is 7.21. The molecular weight excluding hydrogens is 264 g/mol. The van der Waals surface area contributed by atoms with Crippen molar-refractivity contribution in [3.63, 3.8) is 0 Å². The Balaban J connectivity index is 1.60. The monoisotopic (exact) mass is 284 g/mol. The SMILES string of the molecule is Cc1cc(NC(=O)CN2CCc3ccccc3C2)n(C)n1. The van der Waals surface area contributed by atoms with Gasteiger partial charge in [-0.2, -0.15) is 5.10 Å². The summed E-state index contributed by atoms with van der Waals surface area (Å²) in [5.74, 6) is 0.757. The smallest absolute Gasteiger partial charge is 0.239 e. The molecule has 0 saturated heterocycles. The second kappa shape index (κ2) is 5.69. The summed E-state index contributed by atoms with van der Waals surface area (Å²) in [4.78, 5) is 14.3. The van der Waals surface area contributed by atoms with Gasteiger partial charge in [-0.05, 0) is 24.5 Å². The minimum atomic E-state index is 0.0115. The average Bonchev–Trinajstić information content (AvgIpc) is 2.76. The summed E-state index contributed by atoms with van der Waals surface area (Å²) in [6.45, 7) is 4.10. The quantitative estimate of drug-likeness (QED) is 0.934. The van der Waals surface area contributed by atoms with Crippen molar-refractivity contribution in [3.8, 4) is 0 Å². The molecule has 0 aliphatic carbocycles. The number of aryl methyl sites for hydroxylation is 2. The molecule has 5 nitrogen and oxygen atoms in total. The van der Waals surface area contributed by atoms with E-state index in [1.54, 1.807) is 4.68 Å². The summed E-state index contributed by atoms with van der Waals surface area (Å²) in [5.41, 5.74) is 3.63. The number of carbonyl (C=O) groups excluding carboxylic acids is 1. The van der Waals surface area contributed by atoms with Crippen LogP contribution in [0, 0.1) is 6.92 Å². The molecule has 0 atom stereocenters. The zero-order chi connectivity index (χ0) is 14.8. The van der Waals surface area contributed by atoms with E-state index < -0.39 is 0 Å². The average molecular weight is 284 g/mol. The number of nitrogens with one attached hydrogen (secondary N) is 1. The molecule has 0 unspecified atom stereocenters. The number of hydrogen-bond donors (Lipinski definition) is 1. The molecule has 5 heteroatoms. The Morgan fingerprint density at radius 2 is 2.10 bits per heavy atom. The summed E-state index contributed by atoms with van der Waals surface area (Å²) >= 11 is 0. The van der Waals surface area contributed by atoms with Crippen LogP contribution in [0.2, 0.25) is 0 Å². The minimum absolute atomic E-state index is 0.0115. The van der Waals surface area contributed by atoms with E-state index in [1.165, 1.54) is 11.1 Å². The van der Waals surface area contributed by atoms with Gasteiger partial charge >= 0.3 is 0 Å². The number of hydrogen-bond acceptors (Lipinski definition) is 3. The maximum absolute atomic E-state index is 12.2. The van der Waals surface area contributed by atoms with Crippen LogP contribution in [0.5, 0.6) is 0 Å². The molecular formula is C16H20N4O. The van der Waals surface area contributed by atoms with Crippen molar-refractivity contribution < 1.29 is 4.79 Å². The van der Waals surface area contributed by atoms with Crippen LogP contribution in [-0.2, 0) is 24.8 Å². The number of benzene rings is 1. The first-order chi connectivity index (χ1) is 10.1. The molecule has 0 saturated carbocycles. The molecule has 1 aliphatic rings. The van der Waals surface area contributed by atoms with Crippen LogP contribution in [0.3, 0.4) is 0 Å². The third kappa shape index (κ3) is 3.13. The first-order valence-electron chi connectivity index (χ1n) is 7.21. The number of anilines is 1. The number of amides is 1. The highest BCUT2D eigenvalue weighted by atomic mass is 16.2. The Labute approximate surface area is 124 Å². The molecule has 0 bridgehead atoms. The van der Waals surface area contributed by atoms with Gasteiger partial charge in [0.2, 0.25) is 5.91 Å². The van der Waals surface area contributed by atoms with Crippen LogP contribution in [0.15, 0.2) is 30.3 Å². The largest absolute Gasteiger partial charge is 0.310 e. The molecule has 0 spiro atoms. The number of aromatic nitrogens is 2. The summed E-state index contributed by atoms with van der Waals surface area (Å²) in [6, 6.07) is 10.3. The van der Waals surface area contributed by atoms with Gasteiger partial charge in [-0.25, -0.2) is 0 Å². The zero-order valence-electron chi connectivity index (χ0n) is 12.5. The van der Waals surface area contributed by atoms with Crippen LogP contribution < -0.4 is 5.32 Å². The van der Waals surface area contributed by atoms with Gasteiger partial charge < -0.3 is 5.32 Å². The predicted molar refractivity (Wildman–Crippen MR) is 82.0 cm³/mol. The molecule has 1 aliphatic heterocycles. The Morgan fingerprint density at radius 3 is 2.81 bits per heavy atom. The summed E-state index contributed by atoms with van der Waals surface area (Å²) < 4.78 is 1.69. The molecule has 1 aromatic heterocycles. The van der Waals surface area contributed by atoms with Gasteiger partial charge in [-0.15, -0.1) is 0 Å². The molecule has 0 radical (unpaired) electrons. The van der Waals surface area contributed by atoms with E-state index in [4.69, 9.17) is 0 Å². The summed E-state index contributed by atoms with van der Waals surface area (Å²) in [6.07, 6.45) is 1.01. The molecule has 2 aromatic rings. The highest BCUT2D eigenvalue weighted by Gasteiger charge is 2.18. The maximum atomic E-state index is 12.2. The van der Waals surface area contributed by atoms with E-state index in [1.807, 2.05) is 20.0 Å². The highest BCUT2D eigenvalue weighted by Crippen LogP contribution is 2.18. The third-order valence-electron chi connectivity index (χ3n) is 3.85. The number of rotatable bonds is 3. The van der Waals surface area contributed by atoms with Crippen LogP contribution in [0.25, 0.3) is 0 Å². The van der Waals surface area contributed by atoms with E-state index in [-0.39, 0.29) is 5.91 Å². The lowest BCUT2D eigenvalue weighted by molar-refractivity contribution is -0.117. The molecule has 0 fully saturated rings. The van der Waals surface area contributed by atoms with E-state index in [0.717, 1.165) is 31.0 Å². The fraction of sp³-hybridized carbons (Fsp3) is 0.375. The number of carbonyl (C=O) groups is 1. The number of fused-ring (bicyclic) bond motifs is 1. The number of nitrogens with zero attached hydrogens (tertiary/aromatic N) is 3.